The molecule has 1 aliphatic heterocycles. The van der Waals surface area contributed by atoms with Gasteiger partial charge in [-0.15, -0.1) is 0 Å². The molecule has 1 fully saturated rings. The lowest BCUT2D eigenvalue weighted by molar-refractivity contribution is -0.122. The molecule has 0 spiro atoms. The lowest BCUT2D eigenvalue weighted by atomic mass is 9.95. The maximum atomic E-state index is 11.2. The highest BCUT2D eigenvalue weighted by molar-refractivity contribution is 5.82. The van der Waals surface area contributed by atoms with Crippen LogP contribution in [-0.2, 0) is 4.79 Å². The van der Waals surface area contributed by atoms with E-state index in [4.69, 9.17) is 5.73 Å². The van der Waals surface area contributed by atoms with Crippen molar-refractivity contribution in [1.82, 2.24) is 5.32 Å². The second-order valence-corrected chi connectivity index (χ2v) is 4.11. The average Bonchev–Trinajstić information content (AvgIpc) is 2.17. The van der Waals surface area contributed by atoms with Crippen molar-refractivity contribution in [3.8, 4) is 0 Å². The summed E-state index contributed by atoms with van der Waals surface area (Å²) in [4.78, 5) is 11.2. The van der Waals surface area contributed by atoms with Gasteiger partial charge < -0.3 is 11.1 Å². The molecule has 3 N–H and O–H groups in total. The van der Waals surface area contributed by atoms with Crippen LogP contribution in [0.4, 0.5) is 0 Å². The lowest BCUT2D eigenvalue weighted by Crippen LogP contribution is -2.39. The number of carbonyl (C=O) groups is 1. The van der Waals surface area contributed by atoms with Crippen molar-refractivity contribution in [3.05, 3.63) is 0 Å². The smallest absolute Gasteiger partial charge is 0.224 e. The van der Waals surface area contributed by atoms with Crippen LogP contribution >= 0.6 is 0 Å². The molecule has 1 amide bonds. The molecule has 0 aromatic carbocycles. The van der Waals surface area contributed by atoms with Crippen molar-refractivity contribution < 1.29 is 4.79 Å². The summed E-state index contributed by atoms with van der Waals surface area (Å²) in [5, 5.41) is 2.92. The molecule has 0 saturated carbocycles. The summed E-state index contributed by atoms with van der Waals surface area (Å²) >= 11 is 0. The SMILES string of the molecule is CC(C)C[C@@H]1NC(=O)[C@@H](C)[C@@H]1N. The molecule has 70 valence electrons. The van der Waals surface area contributed by atoms with E-state index < -0.39 is 0 Å². The highest BCUT2D eigenvalue weighted by atomic mass is 16.2. The third-order valence-electron chi connectivity index (χ3n) is 2.51. The van der Waals surface area contributed by atoms with Crippen molar-refractivity contribution in [1.29, 1.82) is 0 Å². The van der Waals surface area contributed by atoms with Gasteiger partial charge in [-0.05, 0) is 12.3 Å². The minimum Gasteiger partial charge on any atom is -0.351 e. The van der Waals surface area contributed by atoms with E-state index in [0.717, 1.165) is 6.42 Å². The molecule has 0 aromatic heterocycles. The number of rotatable bonds is 2. The van der Waals surface area contributed by atoms with Crippen LogP contribution in [0.2, 0.25) is 0 Å². The van der Waals surface area contributed by atoms with Crippen LogP contribution in [0.5, 0.6) is 0 Å². The molecule has 1 heterocycles. The van der Waals surface area contributed by atoms with E-state index in [1.807, 2.05) is 6.92 Å². The first-order valence-electron chi connectivity index (χ1n) is 4.58. The highest BCUT2D eigenvalue weighted by Gasteiger charge is 2.36. The number of nitrogens with one attached hydrogen (secondary N) is 1. The van der Waals surface area contributed by atoms with E-state index in [2.05, 4.69) is 19.2 Å². The number of nitrogens with two attached hydrogens (primary N) is 1. The van der Waals surface area contributed by atoms with Gasteiger partial charge in [0.2, 0.25) is 5.91 Å². The first-order chi connectivity index (χ1) is 5.52. The monoisotopic (exact) mass is 170 g/mol. The summed E-state index contributed by atoms with van der Waals surface area (Å²) in [7, 11) is 0. The van der Waals surface area contributed by atoms with E-state index in [9.17, 15) is 4.79 Å². The Labute approximate surface area is 73.7 Å². The summed E-state index contributed by atoms with van der Waals surface area (Å²) in [5.74, 6) is 0.675. The van der Waals surface area contributed by atoms with Gasteiger partial charge >= 0.3 is 0 Å². The van der Waals surface area contributed by atoms with Crippen molar-refractivity contribution in [2.45, 2.75) is 39.3 Å². The predicted octanol–water partition coefficient (Wildman–Crippen LogP) is 0.494. The largest absolute Gasteiger partial charge is 0.351 e. The summed E-state index contributed by atoms with van der Waals surface area (Å²) < 4.78 is 0. The molecular formula is C9H18N2O. The molecule has 1 rings (SSSR count). The third kappa shape index (κ3) is 1.78. The van der Waals surface area contributed by atoms with Gasteiger partial charge in [0.1, 0.15) is 0 Å². The molecule has 3 atom stereocenters. The van der Waals surface area contributed by atoms with E-state index >= 15 is 0 Å². The fourth-order valence-corrected chi connectivity index (χ4v) is 1.66. The quantitative estimate of drug-likeness (QED) is 0.634. The molecule has 12 heavy (non-hydrogen) atoms. The number of hydrogen-bond acceptors (Lipinski definition) is 2. The van der Waals surface area contributed by atoms with E-state index in [-0.39, 0.29) is 23.9 Å². The Hall–Kier alpha value is -0.570. The molecule has 1 aliphatic rings. The first kappa shape index (κ1) is 9.52. The van der Waals surface area contributed by atoms with Crippen LogP contribution in [-0.4, -0.2) is 18.0 Å². The fraction of sp³-hybridized carbons (Fsp3) is 0.889. The van der Waals surface area contributed by atoms with Crippen LogP contribution in [0.3, 0.4) is 0 Å². The average molecular weight is 170 g/mol. The first-order valence-corrected chi connectivity index (χ1v) is 4.58. The van der Waals surface area contributed by atoms with Crippen molar-refractivity contribution in [3.63, 3.8) is 0 Å². The van der Waals surface area contributed by atoms with Gasteiger partial charge in [0, 0.05) is 12.1 Å². The van der Waals surface area contributed by atoms with Gasteiger partial charge in [-0.2, -0.15) is 0 Å². The molecule has 0 unspecified atom stereocenters. The lowest BCUT2D eigenvalue weighted by Gasteiger charge is -2.18. The fourth-order valence-electron chi connectivity index (χ4n) is 1.66. The zero-order chi connectivity index (χ0) is 9.30. The molecule has 0 aliphatic carbocycles. The number of carbonyl (C=O) groups excluding carboxylic acids is 1. The Balaban J connectivity index is 2.53. The van der Waals surface area contributed by atoms with Crippen LogP contribution in [0.15, 0.2) is 0 Å². The van der Waals surface area contributed by atoms with Crippen molar-refractivity contribution in [2.24, 2.45) is 17.6 Å². The maximum Gasteiger partial charge on any atom is 0.224 e. The van der Waals surface area contributed by atoms with Crippen LogP contribution < -0.4 is 11.1 Å². The summed E-state index contributed by atoms with van der Waals surface area (Å²) in [5.41, 5.74) is 5.88. The minimum absolute atomic E-state index is 0.0000926. The van der Waals surface area contributed by atoms with Gasteiger partial charge in [-0.1, -0.05) is 20.8 Å². The second kappa shape index (κ2) is 3.44. The highest BCUT2D eigenvalue weighted by Crippen LogP contribution is 2.18. The Kier molecular flexibility index (Phi) is 2.73. The van der Waals surface area contributed by atoms with Crippen molar-refractivity contribution >= 4 is 5.91 Å². The molecular weight excluding hydrogens is 152 g/mol. The third-order valence-corrected chi connectivity index (χ3v) is 2.51. The number of hydrogen-bond donors (Lipinski definition) is 2. The minimum atomic E-state index is -0.0197. The Morgan fingerprint density at radius 1 is 1.58 bits per heavy atom. The Bertz CT molecular complexity index is 179. The van der Waals surface area contributed by atoms with Gasteiger partial charge in [-0.25, -0.2) is 0 Å². The van der Waals surface area contributed by atoms with Gasteiger partial charge in [-0.3, -0.25) is 4.79 Å². The van der Waals surface area contributed by atoms with Crippen LogP contribution in [0.1, 0.15) is 27.2 Å². The van der Waals surface area contributed by atoms with E-state index in [1.165, 1.54) is 0 Å². The Morgan fingerprint density at radius 3 is 2.50 bits per heavy atom. The Morgan fingerprint density at radius 2 is 2.17 bits per heavy atom. The molecule has 0 aromatic rings. The van der Waals surface area contributed by atoms with Gasteiger partial charge in [0.05, 0.1) is 5.92 Å². The topological polar surface area (TPSA) is 55.1 Å². The number of amides is 1. The predicted molar refractivity (Wildman–Crippen MR) is 48.5 cm³/mol. The van der Waals surface area contributed by atoms with Crippen LogP contribution in [0, 0.1) is 11.8 Å². The zero-order valence-electron chi connectivity index (χ0n) is 8.00. The summed E-state index contributed by atoms with van der Waals surface area (Å²) in [6.45, 7) is 6.17. The molecule has 0 bridgehead atoms. The normalized spacial score (nSPS) is 35.8. The summed E-state index contributed by atoms with van der Waals surface area (Å²) in [6.07, 6.45) is 0.983. The van der Waals surface area contributed by atoms with Crippen molar-refractivity contribution in [2.75, 3.05) is 0 Å². The maximum absolute atomic E-state index is 11.2. The molecule has 1 saturated heterocycles. The van der Waals surface area contributed by atoms with E-state index in [1.54, 1.807) is 0 Å². The molecule has 3 nitrogen and oxygen atoms in total. The molecule has 3 heteroatoms. The molecule has 0 radical (unpaired) electrons. The summed E-state index contributed by atoms with van der Waals surface area (Å²) in [6, 6.07) is 0.187. The standard InChI is InChI=1S/C9H18N2O/c1-5(2)4-7-8(10)6(3)9(12)11-7/h5-8H,4,10H2,1-3H3,(H,11,12)/t6-,7-,8-/m0/s1. The van der Waals surface area contributed by atoms with Gasteiger partial charge in [0.25, 0.3) is 0 Å². The second-order valence-electron chi connectivity index (χ2n) is 4.11. The van der Waals surface area contributed by atoms with E-state index in [0.29, 0.717) is 5.92 Å². The van der Waals surface area contributed by atoms with Gasteiger partial charge in [0.15, 0.2) is 0 Å². The van der Waals surface area contributed by atoms with Crippen LogP contribution in [0.25, 0.3) is 0 Å². The zero-order valence-corrected chi connectivity index (χ0v) is 8.00.